The Kier molecular flexibility index (Phi) is 6.66. The fourth-order valence-corrected chi connectivity index (χ4v) is 1.89. The molecule has 0 unspecified atom stereocenters. The van der Waals surface area contributed by atoms with Crippen LogP contribution in [-0.4, -0.2) is 41.6 Å². The van der Waals surface area contributed by atoms with Crippen LogP contribution in [0.5, 0.6) is 0 Å². The van der Waals surface area contributed by atoms with Crippen molar-refractivity contribution in [3.63, 3.8) is 0 Å². The van der Waals surface area contributed by atoms with Crippen LogP contribution in [0.3, 0.4) is 0 Å². The third-order valence-corrected chi connectivity index (χ3v) is 2.80. The number of rotatable bonds is 6. The van der Waals surface area contributed by atoms with E-state index in [1.54, 1.807) is 0 Å². The van der Waals surface area contributed by atoms with E-state index < -0.39 is 0 Å². The molecule has 1 aliphatic heterocycles. The van der Waals surface area contributed by atoms with Gasteiger partial charge in [0, 0.05) is 10.0 Å². The third-order valence-electron chi connectivity index (χ3n) is 2.80. The summed E-state index contributed by atoms with van der Waals surface area (Å²) in [4.78, 5) is 5.05. The molecule has 98 valence electrons. The second-order valence-electron chi connectivity index (χ2n) is 4.14. The van der Waals surface area contributed by atoms with Crippen LogP contribution in [0.1, 0.15) is 26.7 Å². The lowest BCUT2D eigenvalue weighted by Crippen LogP contribution is -2.27. The van der Waals surface area contributed by atoms with Gasteiger partial charge in [-0.05, 0) is 18.4 Å². The van der Waals surface area contributed by atoms with E-state index in [1.165, 1.54) is 0 Å². The highest BCUT2D eigenvalue weighted by Gasteiger charge is 2.24. The lowest BCUT2D eigenvalue weighted by molar-refractivity contribution is -0.508. The maximum atomic E-state index is 8.65. The number of allylic oxidation sites excluding steroid dienone is 2. The summed E-state index contributed by atoms with van der Waals surface area (Å²) in [5.41, 5.74) is 8.65. The fourth-order valence-electron chi connectivity index (χ4n) is 1.89. The molecule has 0 saturated carbocycles. The zero-order valence-electron chi connectivity index (χ0n) is 11.3. The zero-order chi connectivity index (χ0) is 13.2. The van der Waals surface area contributed by atoms with Crippen LogP contribution in [0, 0.1) is 0 Å². The quantitative estimate of drug-likeness (QED) is 0.234. The Morgan fingerprint density at radius 3 is 2.67 bits per heavy atom. The highest BCUT2D eigenvalue weighted by Crippen LogP contribution is 2.04. The summed E-state index contributed by atoms with van der Waals surface area (Å²) in [7, 11) is 0. The molecule has 5 nitrogen and oxygen atoms in total. The molecule has 0 bridgehead atoms. The number of nitrogens with zero attached hydrogens (tertiary/aromatic N) is 5. The first-order chi connectivity index (χ1) is 8.83. The van der Waals surface area contributed by atoms with Crippen molar-refractivity contribution < 1.29 is 4.58 Å². The van der Waals surface area contributed by atoms with Crippen LogP contribution in [0.25, 0.3) is 10.4 Å². The van der Waals surface area contributed by atoms with E-state index in [4.69, 9.17) is 5.53 Å². The number of azide groups is 1. The predicted octanol–water partition coefficient (Wildman–Crippen LogP) is 2.91. The standard InChI is InChI=1S/C13H22N5/c1-3-5-7-9-17-11-12-18(10-8-6-4-2)13(17)15-16-14/h5-8H,3-4,9-12H2,1-2H3/q+1/b7-5+,8-6+. The third kappa shape index (κ3) is 4.26. The van der Waals surface area contributed by atoms with E-state index in [0.29, 0.717) is 0 Å². The van der Waals surface area contributed by atoms with Gasteiger partial charge in [-0.2, -0.15) is 0 Å². The summed E-state index contributed by atoms with van der Waals surface area (Å²) in [6.45, 7) is 7.69. The second-order valence-corrected chi connectivity index (χ2v) is 4.14. The molecule has 0 amide bonds. The molecule has 0 N–H and O–H groups in total. The Hall–Kier alpha value is -1.74. The molecule has 1 heterocycles. The van der Waals surface area contributed by atoms with E-state index in [2.05, 4.69) is 57.7 Å². The van der Waals surface area contributed by atoms with Gasteiger partial charge in [0.05, 0.1) is 26.2 Å². The fraction of sp³-hybridized carbons (Fsp3) is 0.615. The van der Waals surface area contributed by atoms with Crippen molar-refractivity contribution >= 4 is 5.96 Å². The lowest BCUT2D eigenvalue weighted by Gasteiger charge is -2.09. The summed E-state index contributed by atoms with van der Waals surface area (Å²) in [6.07, 6.45) is 10.6. The first-order valence-electron chi connectivity index (χ1n) is 6.55. The van der Waals surface area contributed by atoms with Gasteiger partial charge in [-0.1, -0.05) is 38.2 Å². The Bertz CT molecular complexity index is 388. The van der Waals surface area contributed by atoms with Crippen molar-refractivity contribution in [2.45, 2.75) is 26.7 Å². The molecule has 0 aromatic heterocycles. The topological polar surface area (TPSA) is 55.0 Å². The van der Waals surface area contributed by atoms with Crippen LogP contribution in [0.15, 0.2) is 29.4 Å². The highest BCUT2D eigenvalue weighted by atomic mass is 15.4. The minimum atomic E-state index is 0.749. The minimum absolute atomic E-state index is 0.749. The molecule has 18 heavy (non-hydrogen) atoms. The molecule has 0 atom stereocenters. The Morgan fingerprint density at radius 2 is 2.00 bits per heavy atom. The van der Waals surface area contributed by atoms with Gasteiger partial charge in [0.25, 0.3) is 5.96 Å². The molecule has 0 spiro atoms. The van der Waals surface area contributed by atoms with Crippen molar-refractivity contribution in [3.05, 3.63) is 34.7 Å². The van der Waals surface area contributed by atoms with Crippen molar-refractivity contribution in [3.8, 4) is 0 Å². The molecule has 0 aliphatic carbocycles. The van der Waals surface area contributed by atoms with Gasteiger partial charge in [0.1, 0.15) is 0 Å². The molecule has 5 heteroatoms. The summed E-state index contributed by atoms with van der Waals surface area (Å²) >= 11 is 0. The molecular formula is C13H22N5+. The van der Waals surface area contributed by atoms with Crippen LogP contribution in [0.2, 0.25) is 0 Å². The number of guanidine groups is 1. The zero-order valence-corrected chi connectivity index (χ0v) is 11.3. The van der Waals surface area contributed by atoms with Crippen molar-refractivity contribution in [1.82, 2.24) is 4.90 Å². The van der Waals surface area contributed by atoms with Crippen LogP contribution in [-0.2, 0) is 0 Å². The van der Waals surface area contributed by atoms with Crippen molar-refractivity contribution in [2.24, 2.45) is 5.11 Å². The lowest BCUT2D eigenvalue weighted by atomic mass is 10.4. The van der Waals surface area contributed by atoms with E-state index in [1.807, 2.05) is 0 Å². The van der Waals surface area contributed by atoms with E-state index >= 15 is 0 Å². The summed E-state index contributed by atoms with van der Waals surface area (Å²) in [5.74, 6) is 0.749. The van der Waals surface area contributed by atoms with Gasteiger partial charge in [-0.15, -0.1) is 0 Å². The van der Waals surface area contributed by atoms with Gasteiger partial charge in [0.15, 0.2) is 0 Å². The molecule has 0 aromatic carbocycles. The molecule has 1 aliphatic rings. The van der Waals surface area contributed by atoms with Crippen molar-refractivity contribution in [2.75, 3.05) is 26.2 Å². The first-order valence-corrected chi connectivity index (χ1v) is 6.55. The number of hydrogen-bond donors (Lipinski definition) is 0. The van der Waals surface area contributed by atoms with Gasteiger partial charge in [-0.25, -0.2) is 0 Å². The van der Waals surface area contributed by atoms with Crippen LogP contribution >= 0.6 is 0 Å². The molecule has 0 saturated heterocycles. The smallest absolute Gasteiger partial charge is 0.283 e. The molecule has 1 rings (SSSR count). The second kappa shape index (κ2) is 8.37. The monoisotopic (exact) mass is 248 g/mol. The Morgan fingerprint density at radius 1 is 1.28 bits per heavy atom. The maximum Gasteiger partial charge on any atom is 0.283 e. The van der Waals surface area contributed by atoms with Gasteiger partial charge in [0.2, 0.25) is 0 Å². The highest BCUT2D eigenvalue weighted by molar-refractivity contribution is 5.77. The predicted molar refractivity (Wildman–Crippen MR) is 74.6 cm³/mol. The van der Waals surface area contributed by atoms with Gasteiger partial charge in [-0.3, -0.25) is 9.48 Å². The summed E-state index contributed by atoms with van der Waals surface area (Å²) in [5, 5.41) is 3.83. The van der Waals surface area contributed by atoms with Gasteiger partial charge < -0.3 is 0 Å². The Balaban J connectivity index is 2.73. The average molecular weight is 248 g/mol. The molecule has 0 aromatic rings. The summed E-state index contributed by atoms with van der Waals surface area (Å²) in [6, 6.07) is 0. The molecule has 0 radical (unpaired) electrons. The van der Waals surface area contributed by atoms with E-state index in [9.17, 15) is 0 Å². The molecule has 0 fully saturated rings. The minimum Gasteiger partial charge on any atom is -0.284 e. The van der Waals surface area contributed by atoms with Crippen LogP contribution in [0.4, 0.5) is 0 Å². The number of hydrogen-bond acceptors (Lipinski definition) is 2. The van der Waals surface area contributed by atoms with E-state index in [-0.39, 0.29) is 0 Å². The maximum absolute atomic E-state index is 8.65. The summed E-state index contributed by atoms with van der Waals surface area (Å²) < 4.78 is 2.12. The van der Waals surface area contributed by atoms with Crippen molar-refractivity contribution in [1.29, 1.82) is 0 Å². The average Bonchev–Trinajstić information content (AvgIpc) is 2.74. The van der Waals surface area contributed by atoms with Gasteiger partial charge >= 0.3 is 0 Å². The Labute approximate surface area is 109 Å². The normalized spacial score (nSPS) is 16.0. The largest absolute Gasteiger partial charge is 0.284 e. The van der Waals surface area contributed by atoms with Crippen LogP contribution < -0.4 is 0 Å². The first kappa shape index (κ1) is 14.3. The van der Waals surface area contributed by atoms with E-state index in [0.717, 1.165) is 45.0 Å². The molecular weight excluding hydrogens is 226 g/mol. The SMILES string of the molecule is CC/C=C/CN1CC[N+](C/C=C/CC)=C1N=[N+]=[N-].